The topological polar surface area (TPSA) is 9.23 Å². The van der Waals surface area contributed by atoms with E-state index in [2.05, 4.69) is 45.7 Å². The minimum Gasteiger partial charge on any atom is -0.492 e. The predicted molar refractivity (Wildman–Crippen MR) is 80.5 cm³/mol. The number of hydrogen-bond donors (Lipinski definition) is 1. The van der Waals surface area contributed by atoms with Crippen LogP contribution in [0, 0.1) is 11.3 Å². The van der Waals surface area contributed by atoms with Gasteiger partial charge in [0.25, 0.3) is 0 Å². The summed E-state index contributed by atoms with van der Waals surface area (Å²) in [5.41, 5.74) is 0.232. The van der Waals surface area contributed by atoms with Crippen LogP contribution in [0.1, 0.15) is 20.8 Å². The minimum atomic E-state index is 0.232. The van der Waals surface area contributed by atoms with Crippen LogP contribution >= 0.6 is 24.4 Å². The van der Waals surface area contributed by atoms with Gasteiger partial charge in [-0.05, 0) is 29.6 Å². The van der Waals surface area contributed by atoms with Crippen molar-refractivity contribution in [3.63, 3.8) is 0 Å². The van der Waals surface area contributed by atoms with Crippen molar-refractivity contribution < 1.29 is 4.74 Å². The zero-order valence-corrected chi connectivity index (χ0v) is 12.8. The van der Waals surface area contributed by atoms with Gasteiger partial charge in [-0.15, -0.1) is 11.8 Å². The molecule has 0 amide bonds. The summed E-state index contributed by atoms with van der Waals surface area (Å²) in [7, 11) is 0. The maximum Gasteiger partial charge on any atom is 0.132 e. The van der Waals surface area contributed by atoms with Crippen LogP contribution in [0.5, 0.6) is 5.75 Å². The molecular formula is C14H22OS2. The smallest absolute Gasteiger partial charge is 0.132 e. The third-order valence-corrected chi connectivity index (χ3v) is 4.17. The fourth-order valence-electron chi connectivity index (χ4n) is 1.50. The van der Waals surface area contributed by atoms with Crippen LogP contribution in [0.3, 0.4) is 0 Å². The van der Waals surface area contributed by atoms with Crippen LogP contribution in [0.4, 0.5) is 0 Å². The molecule has 0 aliphatic carbocycles. The van der Waals surface area contributed by atoms with E-state index in [-0.39, 0.29) is 5.41 Å². The second-order valence-corrected chi connectivity index (χ2v) is 6.42. The van der Waals surface area contributed by atoms with Gasteiger partial charge in [0.2, 0.25) is 0 Å². The number of thioether (sulfide) groups is 1. The largest absolute Gasteiger partial charge is 0.492 e. The Bertz CT molecular complexity index is 344. The third-order valence-electron chi connectivity index (χ3n) is 2.95. The van der Waals surface area contributed by atoms with Gasteiger partial charge >= 0.3 is 0 Å². The summed E-state index contributed by atoms with van der Waals surface area (Å²) in [5, 5.41) is 0. The lowest BCUT2D eigenvalue weighted by Gasteiger charge is -2.29. The summed E-state index contributed by atoms with van der Waals surface area (Å²) >= 11 is 6.14. The van der Waals surface area contributed by atoms with Crippen molar-refractivity contribution in [1.82, 2.24) is 0 Å². The average Bonchev–Trinajstić information content (AvgIpc) is 2.28. The molecular weight excluding hydrogens is 248 g/mol. The maximum absolute atomic E-state index is 5.94. The Balaban J connectivity index is 2.66. The van der Waals surface area contributed by atoms with Gasteiger partial charge in [0.1, 0.15) is 5.75 Å². The highest BCUT2D eigenvalue weighted by molar-refractivity contribution is 7.98. The van der Waals surface area contributed by atoms with E-state index < -0.39 is 0 Å². The van der Waals surface area contributed by atoms with Gasteiger partial charge in [0, 0.05) is 10.8 Å². The van der Waals surface area contributed by atoms with Crippen LogP contribution < -0.4 is 4.74 Å². The molecule has 1 rings (SSSR count). The second-order valence-electron chi connectivity index (χ2n) is 5.21. The van der Waals surface area contributed by atoms with E-state index in [9.17, 15) is 0 Å². The number of ether oxygens (including phenoxy) is 1. The number of hydrogen-bond acceptors (Lipinski definition) is 3. The van der Waals surface area contributed by atoms with Crippen molar-refractivity contribution in [2.45, 2.75) is 25.7 Å². The molecule has 0 fully saturated rings. The van der Waals surface area contributed by atoms with Crippen LogP contribution in [0.25, 0.3) is 0 Å². The average molecular weight is 270 g/mol. The first-order chi connectivity index (χ1) is 7.99. The van der Waals surface area contributed by atoms with Gasteiger partial charge in [-0.2, -0.15) is 12.6 Å². The molecule has 1 aromatic carbocycles. The monoisotopic (exact) mass is 270 g/mol. The van der Waals surface area contributed by atoms with Gasteiger partial charge in [0.15, 0.2) is 0 Å². The Morgan fingerprint density at radius 1 is 1.29 bits per heavy atom. The molecule has 0 aliphatic rings. The van der Waals surface area contributed by atoms with Gasteiger partial charge in [0.05, 0.1) is 6.61 Å². The maximum atomic E-state index is 5.94. The lowest BCUT2D eigenvalue weighted by atomic mass is 9.82. The van der Waals surface area contributed by atoms with E-state index in [1.165, 1.54) is 4.90 Å². The minimum absolute atomic E-state index is 0.232. The number of rotatable bonds is 5. The molecule has 0 saturated heterocycles. The first kappa shape index (κ1) is 14.8. The molecule has 0 bridgehead atoms. The molecule has 0 N–H and O–H groups in total. The predicted octanol–water partition coefficient (Wildman–Crippen LogP) is 4.38. The molecule has 0 aliphatic heterocycles. The highest BCUT2D eigenvalue weighted by Crippen LogP contribution is 2.31. The van der Waals surface area contributed by atoms with E-state index in [4.69, 9.17) is 4.74 Å². The molecule has 0 saturated carbocycles. The van der Waals surface area contributed by atoms with E-state index in [1.807, 2.05) is 18.2 Å². The quantitative estimate of drug-likeness (QED) is 0.628. The van der Waals surface area contributed by atoms with Crippen LogP contribution in [-0.4, -0.2) is 18.6 Å². The fourth-order valence-corrected chi connectivity index (χ4v) is 2.70. The molecule has 0 aromatic heterocycles. The summed E-state index contributed by atoms with van der Waals surface area (Å²) in [6.45, 7) is 7.43. The summed E-state index contributed by atoms with van der Waals surface area (Å²) in [6, 6.07) is 8.18. The Morgan fingerprint density at radius 3 is 2.47 bits per heavy atom. The summed E-state index contributed by atoms with van der Waals surface area (Å²) < 4.78 is 5.94. The number of benzene rings is 1. The lowest BCUT2D eigenvalue weighted by molar-refractivity contribution is 0.163. The highest BCUT2D eigenvalue weighted by Gasteiger charge is 2.24. The van der Waals surface area contributed by atoms with Crippen LogP contribution in [0.2, 0.25) is 0 Å². The molecule has 1 aromatic rings. The fraction of sp³-hybridized carbons (Fsp3) is 0.571. The van der Waals surface area contributed by atoms with Gasteiger partial charge in [-0.25, -0.2) is 0 Å². The summed E-state index contributed by atoms with van der Waals surface area (Å²) in [6.07, 6.45) is 2.07. The molecule has 3 heteroatoms. The van der Waals surface area contributed by atoms with Crippen molar-refractivity contribution in [3.05, 3.63) is 24.3 Å². The molecule has 96 valence electrons. The zero-order chi connectivity index (χ0) is 12.9. The molecule has 0 heterocycles. The first-order valence-corrected chi connectivity index (χ1v) is 7.71. The van der Waals surface area contributed by atoms with Crippen LogP contribution in [0.15, 0.2) is 29.2 Å². The summed E-state index contributed by atoms with van der Waals surface area (Å²) in [5.74, 6) is 2.29. The number of para-hydroxylation sites is 1. The Hall–Kier alpha value is -0.280. The summed E-state index contributed by atoms with van der Waals surface area (Å²) in [4.78, 5) is 1.19. The Labute approximate surface area is 115 Å². The van der Waals surface area contributed by atoms with Gasteiger partial charge in [-0.1, -0.05) is 32.9 Å². The zero-order valence-electron chi connectivity index (χ0n) is 11.1. The third kappa shape index (κ3) is 4.47. The van der Waals surface area contributed by atoms with Crippen molar-refractivity contribution >= 4 is 24.4 Å². The Kier molecular flexibility index (Phi) is 5.74. The van der Waals surface area contributed by atoms with Crippen LogP contribution in [-0.2, 0) is 0 Å². The van der Waals surface area contributed by atoms with Gasteiger partial charge in [-0.3, -0.25) is 0 Å². The standard InChI is InChI=1S/C14H22OS2/c1-14(2,3)11(10-16)9-15-12-7-5-6-8-13(12)17-4/h5-8,11,16H,9-10H2,1-4H3. The molecule has 0 spiro atoms. The Morgan fingerprint density at radius 2 is 1.94 bits per heavy atom. The van der Waals surface area contributed by atoms with Crippen molar-refractivity contribution in [2.75, 3.05) is 18.6 Å². The van der Waals surface area contributed by atoms with Crippen molar-refractivity contribution in [2.24, 2.45) is 11.3 Å². The van der Waals surface area contributed by atoms with Gasteiger partial charge < -0.3 is 4.74 Å². The van der Waals surface area contributed by atoms with E-state index in [0.717, 1.165) is 18.1 Å². The molecule has 1 atom stereocenters. The lowest BCUT2D eigenvalue weighted by Crippen LogP contribution is -2.28. The molecule has 1 nitrogen and oxygen atoms in total. The normalized spacial score (nSPS) is 13.5. The number of thiol groups is 1. The molecule has 1 unspecified atom stereocenters. The molecule has 0 radical (unpaired) electrons. The SMILES string of the molecule is CSc1ccccc1OCC(CS)C(C)(C)C. The van der Waals surface area contributed by atoms with E-state index in [0.29, 0.717) is 5.92 Å². The first-order valence-electron chi connectivity index (χ1n) is 5.85. The van der Waals surface area contributed by atoms with E-state index >= 15 is 0 Å². The van der Waals surface area contributed by atoms with E-state index in [1.54, 1.807) is 11.8 Å². The molecule has 17 heavy (non-hydrogen) atoms. The van der Waals surface area contributed by atoms with Crippen molar-refractivity contribution in [1.29, 1.82) is 0 Å². The highest BCUT2D eigenvalue weighted by atomic mass is 32.2. The second kappa shape index (κ2) is 6.60. The van der Waals surface area contributed by atoms with Crippen molar-refractivity contribution in [3.8, 4) is 5.75 Å².